The second-order valence-electron chi connectivity index (χ2n) is 11.3. The molecule has 214 valence electrons. The average molecular weight is 540 g/mol. The third-order valence-corrected chi connectivity index (χ3v) is 6.18. The number of rotatable bonds is 12. The van der Waals surface area contributed by atoms with Crippen molar-refractivity contribution < 1.29 is 24.2 Å². The van der Waals surface area contributed by atoms with E-state index in [1.54, 1.807) is 45.0 Å². The molecule has 2 aromatic rings. The summed E-state index contributed by atoms with van der Waals surface area (Å²) in [5.74, 6) is -0.859. The number of hydrogen-bond donors (Lipinski definition) is 3. The number of ether oxygens (including phenoxy) is 1. The standard InChI is InChI=1S/C31H45N3O5/c1-8-9-14-19-34(29(37)25(20-21(2)3)33-30(38)39-31(5,6)7)27(23-16-11-13-18-26(23)35)28(36)32-24-17-12-10-15-22(24)4/h10-13,15-18,21,25,27,35H,8-9,14,19-20H2,1-7H3,(H,32,36)(H,33,38). The molecule has 0 radical (unpaired) electrons. The van der Waals surface area contributed by atoms with Gasteiger partial charge in [-0.15, -0.1) is 0 Å². The number of aryl methyl sites for hydroxylation is 1. The lowest BCUT2D eigenvalue weighted by Crippen LogP contribution is -2.53. The molecule has 0 spiro atoms. The number of unbranched alkanes of at least 4 members (excludes halogenated alkanes) is 2. The van der Waals surface area contributed by atoms with Gasteiger partial charge in [-0.2, -0.15) is 0 Å². The number of amides is 3. The van der Waals surface area contributed by atoms with Crippen LogP contribution in [0.25, 0.3) is 0 Å². The van der Waals surface area contributed by atoms with Crippen molar-refractivity contribution in [1.29, 1.82) is 0 Å². The van der Waals surface area contributed by atoms with Crippen LogP contribution in [0.1, 0.15) is 84.4 Å². The van der Waals surface area contributed by atoms with Crippen molar-refractivity contribution >= 4 is 23.6 Å². The average Bonchev–Trinajstić information content (AvgIpc) is 2.83. The first-order chi connectivity index (χ1) is 18.3. The van der Waals surface area contributed by atoms with E-state index in [0.29, 0.717) is 24.1 Å². The van der Waals surface area contributed by atoms with E-state index in [1.165, 1.54) is 11.0 Å². The molecule has 0 saturated carbocycles. The molecule has 2 unspecified atom stereocenters. The normalized spacial score (nSPS) is 12.9. The van der Waals surface area contributed by atoms with E-state index in [1.807, 2.05) is 39.0 Å². The molecule has 2 rings (SSSR count). The van der Waals surface area contributed by atoms with Crippen LogP contribution < -0.4 is 10.6 Å². The van der Waals surface area contributed by atoms with E-state index in [0.717, 1.165) is 18.4 Å². The van der Waals surface area contributed by atoms with Crippen LogP contribution in [0.4, 0.5) is 10.5 Å². The number of para-hydroxylation sites is 2. The Morgan fingerprint density at radius 1 is 1.00 bits per heavy atom. The minimum Gasteiger partial charge on any atom is -0.508 e. The van der Waals surface area contributed by atoms with E-state index >= 15 is 0 Å². The topological polar surface area (TPSA) is 108 Å². The van der Waals surface area contributed by atoms with Gasteiger partial charge in [0.25, 0.3) is 5.91 Å². The zero-order valence-electron chi connectivity index (χ0n) is 24.4. The molecule has 0 fully saturated rings. The molecule has 2 aromatic carbocycles. The highest BCUT2D eigenvalue weighted by atomic mass is 16.6. The molecule has 0 aliphatic carbocycles. The number of nitrogens with one attached hydrogen (secondary N) is 2. The van der Waals surface area contributed by atoms with Crippen LogP contribution in [0, 0.1) is 12.8 Å². The smallest absolute Gasteiger partial charge is 0.408 e. The SMILES string of the molecule is CCCCCN(C(=O)C(CC(C)C)NC(=O)OC(C)(C)C)C(C(=O)Nc1ccccc1C)c1ccccc1O. The third-order valence-electron chi connectivity index (χ3n) is 6.18. The summed E-state index contributed by atoms with van der Waals surface area (Å²) in [7, 11) is 0. The molecule has 0 heterocycles. The molecule has 0 bridgehead atoms. The molecule has 0 saturated heterocycles. The third kappa shape index (κ3) is 9.93. The zero-order valence-corrected chi connectivity index (χ0v) is 24.4. The van der Waals surface area contributed by atoms with E-state index in [4.69, 9.17) is 4.74 Å². The van der Waals surface area contributed by atoms with E-state index < -0.39 is 35.6 Å². The van der Waals surface area contributed by atoms with Crippen molar-refractivity contribution in [3.8, 4) is 5.75 Å². The number of benzene rings is 2. The van der Waals surface area contributed by atoms with Crippen LogP contribution in [0.3, 0.4) is 0 Å². The van der Waals surface area contributed by atoms with Gasteiger partial charge in [-0.3, -0.25) is 9.59 Å². The summed E-state index contributed by atoms with van der Waals surface area (Å²) in [6, 6.07) is 11.9. The molecular weight excluding hydrogens is 494 g/mol. The first kappa shape index (κ1) is 31.7. The molecule has 0 aliphatic heterocycles. The number of phenols is 1. The second kappa shape index (κ2) is 14.6. The van der Waals surface area contributed by atoms with Crippen LogP contribution in [-0.4, -0.2) is 46.1 Å². The summed E-state index contributed by atoms with van der Waals surface area (Å²) in [5.41, 5.74) is 1.07. The Hall–Kier alpha value is -3.55. The fourth-order valence-corrected chi connectivity index (χ4v) is 4.33. The van der Waals surface area contributed by atoms with Gasteiger partial charge in [0.1, 0.15) is 23.4 Å². The van der Waals surface area contributed by atoms with E-state index in [2.05, 4.69) is 17.6 Å². The van der Waals surface area contributed by atoms with Crippen molar-refractivity contribution in [2.45, 2.75) is 91.8 Å². The van der Waals surface area contributed by atoms with Crippen LogP contribution in [0.5, 0.6) is 5.75 Å². The Morgan fingerprint density at radius 2 is 1.64 bits per heavy atom. The van der Waals surface area contributed by atoms with Crippen LogP contribution in [-0.2, 0) is 14.3 Å². The number of carbonyl (C=O) groups excluding carboxylic acids is 3. The van der Waals surface area contributed by atoms with Gasteiger partial charge in [0.15, 0.2) is 0 Å². The number of anilines is 1. The summed E-state index contributed by atoms with van der Waals surface area (Å²) < 4.78 is 5.44. The van der Waals surface area contributed by atoms with Crippen molar-refractivity contribution in [3.05, 3.63) is 59.7 Å². The highest BCUT2D eigenvalue weighted by Crippen LogP contribution is 2.32. The highest BCUT2D eigenvalue weighted by molar-refractivity contribution is 5.99. The molecule has 39 heavy (non-hydrogen) atoms. The Balaban J connectivity index is 2.56. The summed E-state index contributed by atoms with van der Waals surface area (Å²) in [4.78, 5) is 42.4. The van der Waals surface area contributed by atoms with Gasteiger partial charge < -0.3 is 25.4 Å². The lowest BCUT2D eigenvalue weighted by molar-refractivity contribution is -0.141. The fraction of sp³-hybridized carbons (Fsp3) is 0.516. The van der Waals surface area contributed by atoms with Crippen molar-refractivity contribution in [3.63, 3.8) is 0 Å². The number of phenolic OH excluding ortho intramolecular Hbond substituents is 1. The second-order valence-corrected chi connectivity index (χ2v) is 11.3. The van der Waals surface area contributed by atoms with Gasteiger partial charge in [-0.1, -0.05) is 70.0 Å². The summed E-state index contributed by atoms with van der Waals surface area (Å²) in [6.45, 7) is 13.4. The largest absolute Gasteiger partial charge is 0.508 e. The summed E-state index contributed by atoms with van der Waals surface area (Å²) in [5, 5.41) is 16.5. The number of hydrogen-bond acceptors (Lipinski definition) is 5. The maximum atomic E-state index is 14.2. The monoisotopic (exact) mass is 539 g/mol. The van der Waals surface area contributed by atoms with Gasteiger partial charge in [-0.25, -0.2) is 4.79 Å². The van der Waals surface area contributed by atoms with E-state index in [9.17, 15) is 19.5 Å². The van der Waals surface area contributed by atoms with Crippen LogP contribution >= 0.6 is 0 Å². The highest BCUT2D eigenvalue weighted by Gasteiger charge is 2.37. The predicted molar refractivity (Wildman–Crippen MR) is 155 cm³/mol. The van der Waals surface area contributed by atoms with Gasteiger partial charge in [0.2, 0.25) is 5.91 Å². The Bertz CT molecular complexity index is 1110. The van der Waals surface area contributed by atoms with Crippen molar-refractivity contribution in [2.24, 2.45) is 5.92 Å². The van der Waals surface area contributed by atoms with Gasteiger partial charge in [0, 0.05) is 17.8 Å². The summed E-state index contributed by atoms with van der Waals surface area (Å²) >= 11 is 0. The maximum Gasteiger partial charge on any atom is 0.408 e. The summed E-state index contributed by atoms with van der Waals surface area (Å²) in [6.07, 6.45) is 2.09. The predicted octanol–water partition coefficient (Wildman–Crippen LogP) is 6.34. The maximum absolute atomic E-state index is 14.2. The van der Waals surface area contributed by atoms with Gasteiger partial charge in [0.05, 0.1) is 0 Å². The quantitative estimate of drug-likeness (QED) is 0.273. The molecule has 2 atom stereocenters. The number of nitrogens with zero attached hydrogens (tertiary/aromatic N) is 1. The zero-order chi connectivity index (χ0) is 29.2. The van der Waals surface area contributed by atoms with Crippen LogP contribution in [0.15, 0.2) is 48.5 Å². The Morgan fingerprint density at radius 3 is 2.23 bits per heavy atom. The molecule has 0 aromatic heterocycles. The van der Waals surface area contributed by atoms with Crippen LogP contribution in [0.2, 0.25) is 0 Å². The van der Waals surface area contributed by atoms with Gasteiger partial charge in [-0.05, 0) is 64.2 Å². The minimum absolute atomic E-state index is 0.0794. The molecule has 8 nitrogen and oxygen atoms in total. The Labute approximate surface area is 233 Å². The fourth-order valence-electron chi connectivity index (χ4n) is 4.33. The lowest BCUT2D eigenvalue weighted by Gasteiger charge is -2.35. The van der Waals surface area contributed by atoms with Gasteiger partial charge >= 0.3 is 6.09 Å². The first-order valence-electron chi connectivity index (χ1n) is 13.8. The molecule has 0 aliphatic rings. The van der Waals surface area contributed by atoms with Crippen molar-refractivity contribution in [2.75, 3.05) is 11.9 Å². The molecule has 8 heteroatoms. The lowest BCUT2D eigenvalue weighted by atomic mass is 9.98. The first-order valence-corrected chi connectivity index (χ1v) is 13.8. The Kier molecular flexibility index (Phi) is 11.8. The van der Waals surface area contributed by atoms with E-state index in [-0.39, 0.29) is 18.2 Å². The molecular formula is C31H45N3O5. The minimum atomic E-state index is -1.12. The van der Waals surface area contributed by atoms with Crippen molar-refractivity contribution in [1.82, 2.24) is 10.2 Å². The molecule has 3 amide bonds. The molecule has 3 N–H and O–H groups in total. The number of aromatic hydroxyl groups is 1. The number of alkyl carbamates (subject to hydrolysis) is 1. The number of carbonyl (C=O) groups is 3.